The van der Waals surface area contributed by atoms with Crippen LogP contribution in [-0.2, 0) is 11.2 Å². The lowest BCUT2D eigenvalue weighted by molar-refractivity contribution is -0.121. The minimum absolute atomic E-state index is 0.0184. The molecule has 1 atom stereocenters. The maximum atomic E-state index is 12.4. The lowest BCUT2D eigenvalue weighted by Crippen LogP contribution is -2.21. The number of carbonyl (C=O) groups excluding carboxylic acids is 1. The predicted molar refractivity (Wildman–Crippen MR) is 76.9 cm³/mol. The molecule has 0 aliphatic carbocycles. The van der Waals surface area contributed by atoms with E-state index in [4.69, 9.17) is 4.74 Å². The maximum Gasteiger partial charge on any atom is 0.140 e. The number of rotatable bonds is 4. The van der Waals surface area contributed by atoms with Crippen molar-refractivity contribution in [1.82, 2.24) is 0 Å². The Labute approximate surface area is 117 Å². The van der Waals surface area contributed by atoms with E-state index in [1.54, 1.807) is 11.3 Å². The van der Waals surface area contributed by atoms with E-state index in [1.165, 1.54) is 4.88 Å². The molecule has 0 saturated carbocycles. The lowest BCUT2D eigenvalue weighted by Gasteiger charge is -2.24. The molecule has 19 heavy (non-hydrogen) atoms. The number of fused-ring (bicyclic) bond motifs is 1. The number of thiophene rings is 1. The van der Waals surface area contributed by atoms with Gasteiger partial charge in [0, 0.05) is 22.8 Å². The number of aryl methyl sites for hydroxylation is 1. The summed E-state index contributed by atoms with van der Waals surface area (Å²) in [4.78, 5) is 13.7. The van der Waals surface area contributed by atoms with Crippen molar-refractivity contribution in [2.24, 2.45) is 0 Å². The molecule has 2 nitrogen and oxygen atoms in total. The number of ether oxygens (including phenoxy) is 1. The second-order valence-corrected chi connectivity index (χ2v) is 5.81. The first kappa shape index (κ1) is 12.4. The van der Waals surface area contributed by atoms with Crippen molar-refractivity contribution >= 4 is 17.1 Å². The van der Waals surface area contributed by atoms with Crippen molar-refractivity contribution in [3.8, 4) is 5.75 Å². The molecule has 0 spiro atoms. The van der Waals surface area contributed by atoms with Crippen LogP contribution in [0.15, 0.2) is 41.8 Å². The summed E-state index contributed by atoms with van der Waals surface area (Å²) in [6.07, 6.45) is 2.29. The Bertz CT molecular complexity index is 560. The number of hydrogen-bond acceptors (Lipinski definition) is 3. The fourth-order valence-corrected chi connectivity index (χ4v) is 3.26. The number of carbonyl (C=O) groups is 1. The number of benzene rings is 1. The molecule has 3 rings (SSSR count). The second-order valence-electron chi connectivity index (χ2n) is 4.77. The van der Waals surface area contributed by atoms with Gasteiger partial charge in [0.1, 0.15) is 11.5 Å². The zero-order valence-corrected chi connectivity index (χ0v) is 11.5. The Hall–Kier alpha value is -1.61. The van der Waals surface area contributed by atoms with E-state index in [-0.39, 0.29) is 5.92 Å². The van der Waals surface area contributed by atoms with Crippen LogP contribution in [0.5, 0.6) is 5.75 Å². The largest absolute Gasteiger partial charge is 0.493 e. The molecule has 2 heterocycles. The van der Waals surface area contributed by atoms with Crippen LogP contribution in [0.4, 0.5) is 0 Å². The van der Waals surface area contributed by atoms with Crippen molar-refractivity contribution in [3.05, 3.63) is 52.2 Å². The van der Waals surface area contributed by atoms with Crippen LogP contribution in [0, 0.1) is 0 Å². The molecule has 0 N–H and O–H groups in total. The predicted octanol–water partition coefficient (Wildman–Crippen LogP) is 3.82. The van der Waals surface area contributed by atoms with E-state index in [0.717, 1.165) is 24.2 Å². The first-order valence-electron chi connectivity index (χ1n) is 6.61. The van der Waals surface area contributed by atoms with Crippen LogP contribution in [0.25, 0.3) is 0 Å². The quantitative estimate of drug-likeness (QED) is 0.846. The first-order chi connectivity index (χ1) is 9.34. The molecule has 0 fully saturated rings. The summed E-state index contributed by atoms with van der Waals surface area (Å²) in [7, 11) is 0. The molecule has 1 aromatic heterocycles. The van der Waals surface area contributed by atoms with E-state index in [0.29, 0.717) is 18.8 Å². The average Bonchev–Trinajstić information content (AvgIpc) is 2.97. The summed E-state index contributed by atoms with van der Waals surface area (Å²) in [6, 6.07) is 12.0. The van der Waals surface area contributed by atoms with E-state index in [1.807, 2.05) is 30.3 Å². The number of Topliss-reactive ketones (excluding diaryl/α,β-unsaturated/α-hetero) is 1. The van der Waals surface area contributed by atoms with Gasteiger partial charge in [0.15, 0.2) is 0 Å². The lowest BCUT2D eigenvalue weighted by atomic mass is 9.87. The molecule has 1 aliphatic rings. The van der Waals surface area contributed by atoms with Gasteiger partial charge in [-0.1, -0.05) is 24.3 Å². The number of ketones is 1. The van der Waals surface area contributed by atoms with Crippen LogP contribution in [0.2, 0.25) is 0 Å². The number of para-hydroxylation sites is 1. The van der Waals surface area contributed by atoms with Crippen molar-refractivity contribution < 1.29 is 9.53 Å². The van der Waals surface area contributed by atoms with E-state index >= 15 is 0 Å². The molecule has 3 heteroatoms. The molecule has 2 aromatic rings. The van der Waals surface area contributed by atoms with Gasteiger partial charge >= 0.3 is 0 Å². The summed E-state index contributed by atoms with van der Waals surface area (Å²) in [5, 5.41) is 2.06. The van der Waals surface area contributed by atoms with Gasteiger partial charge < -0.3 is 4.74 Å². The molecule has 1 unspecified atom stereocenters. The SMILES string of the molecule is O=C(CCc1cccs1)C1CCOc2ccccc21. The maximum absolute atomic E-state index is 12.4. The standard InChI is InChI=1S/C16H16O2S/c17-15(8-7-12-4-3-11-19-12)13-9-10-18-16-6-2-1-5-14(13)16/h1-6,11,13H,7-10H2. The van der Waals surface area contributed by atoms with E-state index < -0.39 is 0 Å². The molecule has 0 bridgehead atoms. The summed E-state index contributed by atoms with van der Waals surface area (Å²) in [5.74, 6) is 1.23. The van der Waals surface area contributed by atoms with Crippen molar-refractivity contribution in [2.75, 3.05) is 6.61 Å². The Kier molecular flexibility index (Phi) is 3.65. The summed E-state index contributed by atoms with van der Waals surface area (Å²) >= 11 is 1.72. The second kappa shape index (κ2) is 5.57. The van der Waals surface area contributed by atoms with Gasteiger partial charge in [-0.05, 0) is 30.4 Å². The van der Waals surface area contributed by atoms with Gasteiger partial charge in [-0.2, -0.15) is 0 Å². The van der Waals surface area contributed by atoms with Crippen molar-refractivity contribution in [2.45, 2.75) is 25.2 Å². The van der Waals surface area contributed by atoms with Gasteiger partial charge in [-0.3, -0.25) is 4.79 Å². The molecule has 98 valence electrons. The zero-order chi connectivity index (χ0) is 13.1. The molecule has 0 saturated heterocycles. The van der Waals surface area contributed by atoms with Gasteiger partial charge in [-0.15, -0.1) is 11.3 Å². The summed E-state index contributed by atoms with van der Waals surface area (Å²) < 4.78 is 5.60. The van der Waals surface area contributed by atoms with Crippen molar-refractivity contribution in [1.29, 1.82) is 0 Å². The van der Waals surface area contributed by atoms with Crippen LogP contribution >= 0.6 is 11.3 Å². The van der Waals surface area contributed by atoms with Gasteiger partial charge in [0.25, 0.3) is 0 Å². The Morgan fingerprint density at radius 1 is 1.26 bits per heavy atom. The van der Waals surface area contributed by atoms with Gasteiger partial charge in [-0.25, -0.2) is 0 Å². The monoisotopic (exact) mass is 272 g/mol. The van der Waals surface area contributed by atoms with Crippen molar-refractivity contribution in [3.63, 3.8) is 0 Å². The summed E-state index contributed by atoms with van der Waals surface area (Å²) in [5.41, 5.74) is 1.06. The molecule has 1 aliphatic heterocycles. The summed E-state index contributed by atoms with van der Waals surface area (Å²) in [6.45, 7) is 0.645. The Balaban J connectivity index is 1.71. The highest BCUT2D eigenvalue weighted by Crippen LogP contribution is 2.34. The topological polar surface area (TPSA) is 26.3 Å². The Morgan fingerprint density at radius 2 is 2.16 bits per heavy atom. The minimum Gasteiger partial charge on any atom is -0.493 e. The third-order valence-corrected chi connectivity index (χ3v) is 4.48. The molecule has 0 radical (unpaired) electrons. The normalized spacial score (nSPS) is 17.6. The highest BCUT2D eigenvalue weighted by Gasteiger charge is 2.26. The molecular formula is C16H16O2S. The van der Waals surface area contributed by atoms with Crippen LogP contribution in [0.1, 0.15) is 29.2 Å². The molecular weight excluding hydrogens is 256 g/mol. The van der Waals surface area contributed by atoms with E-state index in [2.05, 4.69) is 11.4 Å². The van der Waals surface area contributed by atoms with Crippen LogP contribution in [0.3, 0.4) is 0 Å². The smallest absolute Gasteiger partial charge is 0.140 e. The minimum atomic E-state index is 0.0184. The number of hydrogen-bond donors (Lipinski definition) is 0. The Morgan fingerprint density at radius 3 is 3.00 bits per heavy atom. The third-order valence-electron chi connectivity index (χ3n) is 3.55. The van der Waals surface area contributed by atoms with Crippen LogP contribution < -0.4 is 4.74 Å². The highest BCUT2D eigenvalue weighted by atomic mass is 32.1. The van der Waals surface area contributed by atoms with Gasteiger partial charge in [0.05, 0.1) is 6.61 Å². The molecule has 1 aromatic carbocycles. The fourth-order valence-electron chi connectivity index (χ4n) is 2.55. The van der Waals surface area contributed by atoms with Crippen LogP contribution in [-0.4, -0.2) is 12.4 Å². The highest BCUT2D eigenvalue weighted by molar-refractivity contribution is 7.09. The molecule has 0 amide bonds. The first-order valence-corrected chi connectivity index (χ1v) is 7.49. The fraction of sp³-hybridized carbons (Fsp3) is 0.312. The zero-order valence-electron chi connectivity index (χ0n) is 10.7. The van der Waals surface area contributed by atoms with E-state index in [9.17, 15) is 4.79 Å². The van der Waals surface area contributed by atoms with Gasteiger partial charge in [0.2, 0.25) is 0 Å². The third kappa shape index (κ3) is 2.71. The average molecular weight is 272 g/mol.